The summed E-state index contributed by atoms with van der Waals surface area (Å²) in [4.78, 5) is 74.0. The van der Waals surface area contributed by atoms with Gasteiger partial charge in [0.05, 0.1) is 24.8 Å². The Kier molecular flexibility index (Phi) is 16.2. The molecule has 7 N–H and O–H groups in total. The Morgan fingerprint density at radius 1 is 0.844 bits per heavy atom. The van der Waals surface area contributed by atoms with E-state index in [2.05, 4.69) is 26.6 Å². The Balaban J connectivity index is 2.82. The fourth-order valence-corrected chi connectivity index (χ4v) is 3.98. The first-order valence-electron chi connectivity index (χ1n) is 15.0. The number of aliphatic hydroxyl groups is 2. The lowest BCUT2D eigenvalue weighted by Gasteiger charge is -2.27. The van der Waals surface area contributed by atoms with E-state index >= 15 is 0 Å². The van der Waals surface area contributed by atoms with Crippen molar-refractivity contribution in [2.75, 3.05) is 6.61 Å². The van der Waals surface area contributed by atoms with Gasteiger partial charge in [-0.3, -0.25) is 19.2 Å². The third-order valence-corrected chi connectivity index (χ3v) is 6.64. The van der Waals surface area contributed by atoms with Gasteiger partial charge in [-0.1, -0.05) is 44.2 Å². The van der Waals surface area contributed by atoms with Crippen LogP contribution in [0.1, 0.15) is 66.9 Å². The molecule has 0 aromatic heterocycles. The number of carbonyl (C=O) groups excluding carboxylic acids is 6. The number of alkyl carbamates (subject to hydrolysis) is 1. The highest BCUT2D eigenvalue weighted by atomic mass is 16.6. The zero-order valence-corrected chi connectivity index (χ0v) is 27.1. The molecule has 5 amide bonds. The van der Waals surface area contributed by atoms with Crippen LogP contribution in [0.2, 0.25) is 0 Å². The van der Waals surface area contributed by atoms with Gasteiger partial charge in [-0.05, 0) is 58.9 Å². The van der Waals surface area contributed by atoms with Gasteiger partial charge < -0.3 is 46.3 Å². The van der Waals surface area contributed by atoms with Crippen molar-refractivity contribution in [1.82, 2.24) is 26.6 Å². The summed E-state index contributed by atoms with van der Waals surface area (Å²) in [7, 11) is 0. The summed E-state index contributed by atoms with van der Waals surface area (Å²) in [6.07, 6.45) is -1.25. The second-order valence-electron chi connectivity index (χ2n) is 12.2. The first-order valence-corrected chi connectivity index (χ1v) is 15.0. The molecule has 0 spiro atoms. The number of aldehydes is 1. The molecule has 0 aliphatic rings. The lowest BCUT2D eigenvalue weighted by molar-refractivity contribution is -0.132. The maximum absolute atomic E-state index is 13.1. The molecular formula is C31H49N5O9. The number of amides is 5. The second kappa shape index (κ2) is 18.7. The van der Waals surface area contributed by atoms with E-state index < -0.39 is 78.2 Å². The molecule has 0 radical (unpaired) electrons. The van der Waals surface area contributed by atoms with E-state index in [0.717, 1.165) is 5.56 Å². The summed E-state index contributed by atoms with van der Waals surface area (Å²) in [6.45, 7) is 10.5. The largest absolute Gasteiger partial charge is 0.444 e. The van der Waals surface area contributed by atoms with Crippen LogP contribution in [0.15, 0.2) is 30.3 Å². The summed E-state index contributed by atoms with van der Waals surface area (Å²) in [6, 6.07) is 4.00. The predicted molar refractivity (Wildman–Crippen MR) is 166 cm³/mol. The number of carbonyl (C=O) groups is 6. The molecule has 1 aromatic rings. The topological polar surface area (TPSA) is 212 Å². The van der Waals surface area contributed by atoms with Crippen molar-refractivity contribution in [3.8, 4) is 0 Å². The number of benzene rings is 1. The number of aliphatic hydroxyl groups excluding tert-OH is 2. The van der Waals surface area contributed by atoms with Gasteiger partial charge in [0.2, 0.25) is 23.6 Å². The van der Waals surface area contributed by atoms with Crippen LogP contribution in [0.4, 0.5) is 4.79 Å². The van der Waals surface area contributed by atoms with E-state index in [4.69, 9.17) is 4.74 Å². The van der Waals surface area contributed by atoms with E-state index in [1.807, 2.05) is 30.3 Å². The van der Waals surface area contributed by atoms with E-state index in [1.54, 1.807) is 34.6 Å². The van der Waals surface area contributed by atoms with Gasteiger partial charge in [0.1, 0.15) is 30.0 Å². The first kappa shape index (κ1) is 39.0. The van der Waals surface area contributed by atoms with E-state index in [0.29, 0.717) is 6.29 Å². The molecule has 0 saturated heterocycles. The molecule has 5 unspecified atom stereocenters. The van der Waals surface area contributed by atoms with Crippen LogP contribution < -0.4 is 26.6 Å². The molecule has 0 aliphatic carbocycles. The van der Waals surface area contributed by atoms with E-state index in [-0.39, 0.29) is 25.2 Å². The van der Waals surface area contributed by atoms with Crippen LogP contribution in [0.25, 0.3) is 0 Å². The average Bonchev–Trinajstić information content (AvgIpc) is 2.96. The Labute approximate surface area is 264 Å². The molecule has 0 saturated carbocycles. The van der Waals surface area contributed by atoms with Crippen LogP contribution in [0.5, 0.6) is 0 Å². The minimum absolute atomic E-state index is 0.000443. The highest BCUT2D eigenvalue weighted by Gasteiger charge is 2.29. The molecule has 0 aliphatic heterocycles. The maximum atomic E-state index is 13.1. The Hall–Kier alpha value is -4.04. The van der Waals surface area contributed by atoms with Gasteiger partial charge in [0, 0.05) is 6.42 Å². The molecule has 14 nitrogen and oxygen atoms in total. The monoisotopic (exact) mass is 635 g/mol. The first-order chi connectivity index (χ1) is 21.0. The fraction of sp³-hybridized carbons (Fsp3) is 0.613. The van der Waals surface area contributed by atoms with Crippen LogP contribution in [0.3, 0.4) is 0 Å². The maximum Gasteiger partial charge on any atom is 0.408 e. The molecule has 0 fully saturated rings. The van der Waals surface area contributed by atoms with Crippen molar-refractivity contribution in [2.24, 2.45) is 5.92 Å². The zero-order chi connectivity index (χ0) is 34.3. The number of ether oxygens (including phenoxy) is 1. The van der Waals surface area contributed by atoms with Crippen LogP contribution in [-0.4, -0.2) is 94.7 Å². The van der Waals surface area contributed by atoms with Crippen molar-refractivity contribution in [3.05, 3.63) is 35.9 Å². The number of hydrogen-bond acceptors (Lipinski definition) is 9. The van der Waals surface area contributed by atoms with Crippen molar-refractivity contribution in [3.63, 3.8) is 0 Å². The Morgan fingerprint density at radius 3 is 1.91 bits per heavy atom. The SMILES string of the molecule is CC(NC(=O)C(C)NC(=O)C(CO)NC(=O)OC(C)(C)C)C(=O)N[C@@H](Cc1ccccc1)C(O)CCC(=O)NC(C=O)C(C)C. The van der Waals surface area contributed by atoms with Crippen molar-refractivity contribution >= 4 is 36.0 Å². The summed E-state index contributed by atoms with van der Waals surface area (Å²) in [5.41, 5.74) is -0.0118. The van der Waals surface area contributed by atoms with Crippen molar-refractivity contribution < 1.29 is 43.7 Å². The number of hydrogen-bond donors (Lipinski definition) is 7. The lowest BCUT2D eigenvalue weighted by Crippen LogP contribution is -2.57. The molecule has 0 bridgehead atoms. The summed E-state index contributed by atoms with van der Waals surface area (Å²) < 4.78 is 5.08. The Morgan fingerprint density at radius 2 is 1.40 bits per heavy atom. The second-order valence-corrected chi connectivity index (χ2v) is 12.2. The van der Waals surface area contributed by atoms with Gasteiger partial charge >= 0.3 is 6.09 Å². The van der Waals surface area contributed by atoms with Crippen molar-refractivity contribution in [1.29, 1.82) is 0 Å². The van der Waals surface area contributed by atoms with Crippen LogP contribution in [0, 0.1) is 5.92 Å². The molecule has 0 heterocycles. The molecule has 1 rings (SSSR count). The van der Waals surface area contributed by atoms with E-state index in [1.165, 1.54) is 13.8 Å². The summed E-state index contributed by atoms with van der Waals surface area (Å²) in [5.74, 6) is -2.69. The predicted octanol–water partition coefficient (Wildman–Crippen LogP) is 0.0897. The standard InChI is InChI=1S/C31H49N5O9/c1-18(2)23(16-37)34-26(40)14-13-25(39)22(15-21-11-9-8-10-12-21)35-28(42)20(4)32-27(41)19(3)33-29(43)24(17-38)36-30(44)45-31(5,6)7/h8-12,16,18-20,22-25,38-39H,13-15,17H2,1-7H3,(H,32,41)(H,33,43)(H,34,40)(H,35,42)(H,36,44)/t19?,20?,22-,23?,24?,25?/m0/s1. The van der Waals surface area contributed by atoms with E-state index in [9.17, 15) is 39.0 Å². The molecule has 14 heteroatoms. The summed E-state index contributed by atoms with van der Waals surface area (Å²) >= 11 is 0. The highest BCUT2D eigenvalue weighted by molar-refractivity contribution is 5.93. The van der Waals surface area contributed by atoms with Gasteiger partial charge in [-0.25, -0.2) is 4.79 Å². The van der Waals surface area contributed by atoms with Crippen LogP contribution >= 0.6 is 0 Å². The average molecular weight is 636 g/mol. The fourth-order valence-electron chi connectivity index (χ4n) is 3.98. The molecule has 45 heavy (non-hydrogen) atoms. The smallest absolute Gasteiger partial charge is 0.408 e. The van der Waals surface area contributed by atoms with Crippen LogP contribution in [-0.2, 0) is 35.1 Å². The van der Waals surface area contributed by atoms with Gasteiger partial charge in [-0.15, -0.1) is 0 Å². The zero-order valence-electron chi connectivity index (χ0n) is 27.1. The highest BCUT2D eigenvalue weighted by Crippen LogP contribution is 2.12. The van der Waals surface area contributed by atoms with Gasteiger partial charge in [-0.2, -0.15) is 0 Å². The number of nitrogens with one attached hydrogen (secondary N) is 5. The number of rotatable bonds is 17. The minimum Gasteiger partial charge on any atom is -0.444 e. The van der Waals surface area contributed by atoms with Gasteiger partial charge in [0.15, 0.2) is 0 Å². The summed E-state index contributed by atoms with van der Waals surface area (Å²) in [5, 5.41) is 33.0. The minimum atomic E-state index is -1.38. The molecule has 6 atom stereocenters. The molecule has 252 valence electrons. The molecule has 1 aromatic carbocycles. The third kappa shape index (κ3) is 15.0. The third-order valence-electron chi connectivity index (χ3n) is 6.64. The van der Waals surface area contributed by atoms with Gasteiger partial charge in [0.25, 0.3) is 0 Å². The molecular weight excluding hydrogens is 586 g/mol. The normalized spacial score (nSPS) is 15.3. The Bertz CT molecular complexity index is 1140. The van der Waals surface area contributed by atoms with Crippen molar-refractivity contribution in [2.45, 2.75) is 110 Å². The quantitative estimate of drug-likeness (QED) is 0.115. The lowest BCUT2D eigenvalue weighted by atomic mass is 9.97.